The lowest BCUT2D eigenvalue weighted by molar-refractivity contribution is -0.399. The molecule has 0 aromatic rings. The Hall–Kier alpha value is -4.73. The van der Waals surface area contributed by atoms with Gasteiger partial charge in [0.15, 0.2) is 56.6 Å². The Morgan fingerprint density at radius 3 is 1.15 bits per heavy atom. The number of carboxylic acid groups (broad SMARTS) is 1. The lowest BCUT2D eigenvalue weighted by Crippen LogP contribution is -2.70. The Morgan fingerprint density at radius 2 is 0.712 bits per heavy atom. The van der Waals surface area contributed by atoms with Gasteiger partial charge in [0.05, 0.1) is 97.0 Å². The Morgan fingerprint density at radius 1 is 0.353 bits per heavy atom. The van der Waals surface area contributed by atoms with Crippen LogP contribution in [0.25, 0.3) is 0 Å². The summed E-state index contributed by atoms with van der Waals surface area (Å²) in [6, 6.07) is -9.65. The van der Waals surface area contributed by atoms with Crippen LogP contribution in [-0.2, 0) is 119 Å². The molecule has 0 radical (unpaired) electrons. The maximum absolute atomic E-state index is 13.3. The van der Waals surface area contributed by atoms with E-state index in [2.05, 4.69) is 21.3 Å². The minimum Gasteiger partial charge on any atom is -0.477 e. The fraction of sp³-hybridized carbons (Fsp3) is 0.935. The predicted octanol–water partition coefficient (Wildman–Crippen LogP) is -24.6. The fourth-order valence-electron chi connectivity index (χ4n) is 17.5. The summed E-state index contributed by atoms with van der Waals surface area (Å²) in [6.45, 7) is -8.19. The number of aliphatic hydroxyl groups is 31. The number of nitrogens with two attached hydrogens (primary N) is 1. The molecule has 4 amide bonds. The minimum atomic E-state index is -3.12. The molecule has 10 aliphatic rings. The first-order chi connectivity index (χ1) is 65.5. The van der Waals surface area contributed by atoms with Crippen molar-refractivity contribution in [1.29, 1.82) is 0 Å². The largest absolute Gasteiger partial charge is 0.477 e. The molecule has 0 unspecified atom stereocenters. The molecule has 0 saturated carbocycles. The van der Waals surface area contributed by atoms with E-state index in [4.69, 9.17) is 100 Å². The van der Waals surface area contributed by atoms with E-state index in [1.807, 2.05) is 0 Å². The first-order valence-corrected chi connectivity index (χ1v) is 44.1. The molecule has 62 nitrogen and oxygen atoms in total. The third-order valence-electron chi connectivity index (χ3n) is 25.2. The number of amides is 4. The van der Waals surface area contributed by atoms with E-state index in [0.717, 1.165) is 27.7 Å². The molecule has 806 valence electrons. The number of rotatable bonds is 41. The summed E-state index contributed by atoms with van der Waals surface area (Å²) in [5.41, 5.74) is 6.01. The smallest absolute Gasteiger partial charge is 0.364 e. The van der Waals surface area contributed by atoms with Crippen LogP contribution in [0.5, 0.6) is 0 Å². The van der Waals surface area contributed by atoms with Crippen LogP contribution in [0.2, 0.25) is 0 Å². The van der Waals surface area contributed by atoms with Crippen molar-refractivity contribution in [2.45, 2.75) is 378 Å². The summed E-state index contributed by atoms with van der Waals surface area (Å²) in [7, 11) is 0. The third kappa shape index (κ3) is 26.3. The second kappa shape index (κ2) is 50.8. The second-order valence-corrected chi connectivity index (χ2v) is 35.1. The van der Waals surface area contributed by atoms with Gasteiger partial charge in [0.1, 0.15) is 250 Å². The molecule has 10 rings (SSSR count). The van der Waals surface area contributed by atoms with E-state index in [1.165, 1.54) is 6.92 Å². The number of ether oxygens (including phenoxy) is 20. The topological polar surface area (TPSA) is 991 Å². The molecule has 0 aromatic carbocycles. The van der Waals surface area contributed by atoms with Crippen molar-refractivity contribution in [2.24, 2.45) is 5.73 Å². The minimum absolute atomic E-state index is 0.847. The van der Waals surface area contributed by atoms with Crippen molar-refractivity contribution in [3.05, 3.63) is 0 Å². The number of carboxylic acids is 1. The van der Waals surface area contributed by atoms with E-state index in [0.29, 0.717) is 0 Å². The molecule has 0 aromatic heterocycles. The van der Waals surface area contributed by atoms with Crippen molar-refractivity contribution in [3.8, 4) is 0 Å². The van der Waals surface area contributed by atoms with Gasteiger partial charge in [-0.05, 0) is 6.92 Å². The Bertz CT molecular complexity index is 3820. The van der Waals surface area contributed by atoms with Crippen molar-refractivity contribution in [2.75, 3.05) is 72.7 Å². The van der Waals surface area contributed by atoms with Crippen molar-refractivity contribution < 1.29 is 282 Å². The summed E-state index contributed by atoms with van der Waals surface area (Å²) in [4.78, 5) is 64.8. The van der Waals surface area contributed by atoms with E-state index in [-0.39, 0.29) is 0 Å². The number of aliphatic carboxylic acids is 1. The van der Waals surface area contributed by atoms with Crippen LogP contribution in [0.4, 0.5) is 0 Å². The highest BCUT2D eigenvalue weighted by molar-refractivity contribution is 5.77. The summed E-state index contributed by atoms with van der Waals surface area (Å²) in [6.07, 6.45) is -108. The van der Waals surface area contributed by atoms with Gasteiger partial charge < -0.3 is 285 Å². The number of carbonyl (C=O) groups is 5. The summed E-state index contributed by atoms with van der Waals surface area (Å²) in [5, 5.41) is 367. The molecule has 0 aliphatic carbocycles. The number of aliphatic hydroxyl groups excluding tert-OH is 31. The standard InChI is InChI=1S/C77H131N5O57/c1-18-39(98)50(109)55(114)70(123-18)120-15-26(97)59(40(99)23(78)7-83)132-67-36(80-20(3)92)47(106)62(32(14-90)127-67)135-73-58(117)64(46(105)33(130-73)16-121-74-65(53(112)43(102)28(10-86)125-74)137-68-37(81-21(4)93)48(107)60(30(12-88)128-68)133-71-56(115)51(110)42(101)27(9-85)124-71)136-75-66(54(113)44(103)29(11-87)126-75)138-69-38(82-22(5)94)49(108)61(31(13-89)129-69)134-72-57(116)52(111)45(104)34(131-72)17-122-77(76(118)119)6-24(95)35(79-19(2)91)63(139-77)41(100)25(96)8-84/h18,23-75,83-90,95-117H,6-17,78H2,1-5H3,(H,79,91)(H,80,92)(H,81,93)(H,82,94)(H,118,119)/t18-,23+,24+,25-,26-,27-,28-,29-,30-,31-,32-,33-,34-,35-,36-,37-,38-,39+,40-,41-,42+,43-,44-,45+,46-,47-,48-,49-,50+,51+,52+,53+,54+,55-,56-,57-,58+,59-,60-,61-,62-,63-,64+,65+,66+,67+,68+,69+,70+,71+,72+,73+,74+,75-,77-/m1/s1. The SMILES string of the molecule is CC(=O)N[C@H]1[C@H](O[C@@H]([C@H](O)[C@@H](N)CO)[C@H](O)CO[C@H]2O[C@H](C)[C@H](O)[C@H](O)[C@H]2O)O[C@H](CO)[C@@H](O[C@@H]2O[C@H](CO[C@H]3O[C@H](CO)[C@@H](O)[C@H](O)[C@@H]3O[C@@H]3O[C@H](CO)[C@@H](O[C@@H]4O[C@H](CO)[C@H](O)[C@H](O)[C@H]4O)[C@H](O)[C@H]3NC(C)=O)[C@@H](O)[C@H](O[C@H]3O[C@H](CO)[C@@H](O)[C@H](O)[C@@H]3O[C@@H]3O[C@H](CO)[C@@H](O[C@@H]4O[C@H](CO[C@]5(C(=O)O)C[C@H](O)[C@@H](NC(C)=O)[C@H]([C@H](O)[C@H](O)CO)O5)[C@H](O)[C@H](O)[C@H]4O)[C@H](O)[C@H]3NC(C)=O)[C@@H]2O)[C@@H]1O. The Kier molecular flexibility index (Phi) is 42.4. The molecular weight excluding hydrogens is 1910 g/mol. The molecule has 10 fully saturated rings. The lowest BCUT2D eigenvalue weighted by Gasteiger charge is -2.51. The van der Waals surface area contributed by atoms with Gasteiger partial charge in [-0.2, -0.15) is 0 Å². The first-order valence-electron chi connectivity index (χ1n) is 44.1. The van der Waals surface area contributed by atoms with Gasteiger partial charge in [0.2, 0.25) is 23.6 Å². The van der Waals surface area contributed by atoms with Crippen LogP contribution >= 0.6 is 0 Å². The summed E-state index contributed by atoms with van der Waals surface area (Å²) < 4.78 is 118. The number of hydrogen-bond donors (Lipinski definition) is 37. The quantitative estimate of drug-likeness (QED) is 0.0270. The molecule has 0 spiro atoms. The summed E-state index contributed by atoms with van der Waals surface area (Å²) in [5.74, 6) is -9.15. The van der Waals surface area contributed by atoms with E-state index >= 15 is 0 Å². The van der Waals surface area contributed by atoms with E-state index < -0.39 is 445 Å². The van der Waals surface area contributed by atoms with Gasteiger partial charge >= 0.3 is 5.97 Å². The van der Waals surface area contributed by atoms with E-state index in [1.54, 1.807) is 0 Å². The van der Waals surface area contributed by atoms with Crippen LogP contribution in [0.15, 0.2) is 0 Å². The highest BCUT2D eigenvalue weighted by Gasteiger charge is 2.63. The average molecular weight is 2040 g/mol. The maximum Gasteiger partial charge on any atom is 0.364 e. The molecular formula is C77H131N5O57. The number of nitrogens with one attached hydrogen (secondary N) is 4. The van der Waals surface area contributed by atoms with Gasteiger partial charge in [0.25, 0.3) is 5.79 Å². The van der Waals surface area contributed by atoms with Gasteiger partial charge in [-0.1, -0.05) is 0 Å². The van der Waals surface area contributed by atoms with Gasteiger partial charge in [0, 0.05) is 34.1 Å². The highest BCUT2D eigenvalue weighted by atomic mass is 16.8. The maximum atomic E-state index is 13.3. The zero-order valence-electron chi connectivity index (χ0n) is 74.8. The zero-order chi connectivity index (χ0) is 103. The molecule has 55 atom stereocenters. The lowest BCUT2D eigenvalue weighted by atomic mass is 9.88. The molecule has 62 heteroatoms. The van der Waals surface area contributed by atoms with Crippen LogP contribution in [0.1, 0.15) is 41.0 Å². The predicted molar refractivity (Wildman–Crippen MR) is 429 cm³/mol. The molecule has 10 heterocycles. The summed E-state index contributed by atoms with van der Waals surface area (Å²) >= 11 is 0. The van der Waals surface area contributed by atoms with Crippen LogP contribution < -0.4 is 27.0 Å². The van der Waals surface area contributed by atoms with Crippen LogP contribution in [0.3, 0.4) is 0 Å². The van der Waals surface area contributed by atoms with Gasteiger partial charge in [-0.25, -0.2) is 4.79 Å². The van der Waals surface area contributed by atoms with Crippen molar-refractivity contribution in [3.63, 3.8) is 0 Å². The second-order valence-electron chi connectivity index (χ2n) is 35.1. The van der Waals surface area contributed by atoms with Crippen LogP contribution in [0, 0.1) is 0 Å². The molecule has 139 heavy (non-hydrogen) atoms. The monoisotopic (exact) mass is 2040 g/mol. The first kappa shape index (κ1) is 116. The zero-order valence-corrected chi connectivity index (χ0v) is 74.8. The molecule has 38 N–H and O–H groups in total. The van der Waals surface area contributed by atoms with Gasteiger partial charge in [-0.3, -0.25) is 19.2 Å². The van der Waals surface area contributed by atoms with Crippen LogP contribution in [-0.4, -0.2) is 602 Å². The van der Waals surface area contributed by atoms with Crippen molar-refractivity contribution in [1.82, 2.24) is 21.3 Å². The fourth-order valence-corrected chi connectivity index (χ4v) is 17.5. The molecule has 10 saturated heterocycles. The average Bonchev–Trinajstić information content (AvgIpc) is 0.749. The Labute approximate surface area is 786 Å². The van der Waals surface area contributed by atoms with Gasteiger partial charge in [-0.15, -0.1) is 0 Å². The third-order valence-corrected chi connectivity index (χ3v) is 25.2. The number of hydrogen-bond acceptors (Lipinski definition) is 57. The van der Waals surface area contributed by atoms with E-state index in [9.17, 15) is 187 Å². The molecule has 0 bridgehead atoms. The normalized spacial score (nSPS) is 46.5. The highest BCUT2D eigenvalue weighted by Crippen LogP contribution is 2.42. The Balaban J connectivity index is 0.968. The number of carbonyl (C=O) groups excluding carboxylic acids is 4. The molecule has 10 aliphatic heterocycles. The van der Waals surface area contributed by atoms with Crippen molar-refractivity contribution >= 4 is 29.6 Å².